The van der Waals surface area contributed by atoms with E-state index >= 15 is 0 Å². The van der Waals surface area contributed by atoms with Crippen LogP contribution in [0.15, 0.2) is 36.4 Å². The normalized spacial score (nSPS) is 9.95. The van der Waals surface area contributed by atoms with Crippen LogP contribution < -0.4 is 5.32 Å². The summed E-state index contributed by atoms with van der Waals surface area (Å²) < 4.78 is 26.6. The van der Waals surface area contributed by atoms with Crippen molar-refractivity contribution in [2.24, 2.45) is 0 Å². The number of hydrogen-bond acceptors (Lipinski definition) is 4. The Morgan fingerprint density at radius 2 is 1.95 bits per heavy atom. The van der Waals surface area contributed by atoms with Gasteiger partial charge < -0.3 is 5.32 Å². The van der Waals surface area contributed by atoms with Crippen LogP contribution in [0.25, 0.3) is 0 Å². The lowest BCUT2D eigenvalue weighted by Gasteiger charge is -2.07. The van der Waals surface area contributed by atoms with Gasteiger partial charge in [-0.25, -0.2) is 4.39 Å². The number of nitrogens with one attached hydrogen (secondary N) is 1. The highest BCUT2D eigenvalue weighted by Gasteiger charge is 2.13. The standard InChI is InChI=1S/C14H9F2N3O2/c15-12-3-1-9(5-10(12)7-17)8-18-11-2-4-14(19(20)21)13(16)6-11/h1-6,18H,8H2. The van der Waals surface area contributed by atoms with E-state index < -0.39 is 22.2 Å². The molecule has 0 atom stereocenters. The van der Waals surface area contributed by atoms with Crippen LogP contribution in [0.1, 0.15) is 11.1 Å². The molecule has 0 spiro atoms. The minimum atomic E-state index is -0.943. The molecule has 0 saturated carbocycles. The van der Waals surface area contributed by atoms with Crippen LogP contribution in [0.4, 0.5) is 20.2 Å². The van der Waals surface area contributed by atoms with Crippen LogP contribution in [0.2, 0.25) is 0 Å². The average Bonchev–Trinajstić information content (AvgIpc) is 2.46. The molecular formula is C14H9F2N3O2. The van der Waals surface area contributed by atoms with E-state index in [1.807, 2.05) is 0 Å². The molecule has 0 aliphatic carbocycles. The summed E-state index contributed by atoms with van der Waals surface area (Å²) in [6, 6.07) is 9.20. The number of anilines is 1. The van der Waals surface area contributed by atoms with Crippen LogP contribution in [0, 0.1) is 33.1 Å². The second kappa shape index (κ2) is 5.96. The first-order valence-electron chi connectivity index (χ1n) is 5.87. The van der Waals surface area contributed by atoms with E-state index in [0.29, 0.717) is 11.3 Å². The topological polar surface area (TPSA) is 79.0 Å². The van der Waals surface area contributed by atoms with Gasteiger partial charge in [0, 0.05) is 24.4 Å². The highest BCUT2D eigenvalue weighted by molar-refractivity contribution is 5.50. The van der Waals surface area contributed by atoms with Crippen LogP contribution in [0.5, 0.6) is 0 Å². The van der Waals surface area contributed by atoms with Gasteiger partial charge >= 0.3 is 5.69 Å². The summed E-state index contributed by atoms with van der Waals surface area (Å²) in [4.78, 5) is 9.69. The summed E-state index contributed by atoms with van der Waals surface area (Å²) in [6.45, 7) is 0.228. The molecule has 0 radical (unpaired) electrons. The molecule has 2 rings (SSSR count). The fourth-order valence-electron chi connectivity index (χ4n) is 1.74. The smallest absolute Gasteiger partial charge is 0.304 e. The summed E-state index contributed by atoms with van der Waals surface area (Å²) in [5, 5.41) is 22.1. The molecule has 2 aromatic carbocycles. The Labute approximate surface area is 118 Å². The minimum absolute atomic E-state index is 0.0795. The van der Waals surface area contributed by atoms with Gasteiger partial charge in [-0.2, -0.15) is 9.65 Å². The van der Waals surface area contributed by atoms with Gasteiger partial charge in [0.05, 0.1) is 10.5 Å². The highest BCUT2D eigenvalue weighted by atomic mass is 19.1. The first kappa shape index (κ1) is 14.4. The van der Waals surface area contributed by atoms with Gasteiger partial charge in [-0.3, -0.25) is 10.1 Å². The number of nitrogens with zero attached hydrogens (tertiary/aromatic N) is 2. The van der Waals surface area contributed by atoms with Crippen molar-refractivity contribution in [3.63, 3.8) is 0 Å². The Morgan fingerprint density at radius 3 is 2.57 bits per heavy atom. The fourth-order valence-corrected chi connectivity index (χ4v) is 1.74. The number of nitro benzene ring substituents is 1. The van der Waals surface area contributed by atoms with Gasteiger partial charge in [0.1, 0.15) is 11.9 Å². The molecule has 0 aliphatic rings. The number of nitriles is 1. The third-order valence-corrected chi connectivity index (χ3v) is 2.79. The molecule has 5 nitrogen and oxygen atoms in total. The van der Waals surface area contributed by atoms with Gasteiger partial charge in [0.25, 0.3) is 0 Å². The number of nitro groups is 1. The van der Waals surface area contributed by atoms with Crippen LogP contribution >= 0.6 is 0 Å². The van der Waals surface area contributed by atoms with Crippen molar-refractivity contribution in [3.8, 4) is 6.07 Å². The quantitative estimate of drug-likeness (QED) is 0.691. The Balaban J connectivity index is 2.12. The monoisotopic (exact) mass is 289 g/mol. The number of rotatable bonds is 4. The molecule has 1 N–H and O–H groups in total. The molecule has 0 bridgehead atoms. The molecule has 0 aromatic heterocycles. The lowest BCUT2D eigenvalue weighted by Crippen LogP contribution is -2.01. The Hall–Kier alpha value is -3.01. The van der Waals surface area contributed by atoms with E-state index in [9.17, 15) is 18.9 Å². The van der Waals surface area contributed by atoms with Crippen molar-refractivity contribution < 1.29 is 13.7 Å². The minimum Gasteiger partial charge on any atom is -0.381 e. The van der Waals surface area contributed by atoms with Gasteiger partial charge in [-0.05, 0) is 23.8 Å². The van der Waals surface area contributed by atoms with Crippen LogP contribution in [-0.4, -0.2) is 4.92 Å². The SMILES string of the molecule is N#Cc1cc(CNc2ccc([N+](=O)[O-])c(F)c2)ccc1F. The molecule has 21 heavy (non-hydrogen) atoms. The van der Waals surface area contributed by atoms with E-state index in [1.54, 1.807) is 6.07 Å². The molecular weight excluding hydrogens is 280 g/mol. The van der Waals surface area contributed by atoms with E-state index in [4.69, 9.17) is 5.26 Å². The molecule has 0 amide bonds. The summed E-state index contributed by atoms with van der Waals surface area (Å²) in [5.41, 5.74) is 0.297. The first-order valence-corrected chi connectivity index (χ1v) is 5.87. The zero-order valence-electron chi connectivity index (χ0n) is 10.6. The van der Waals surface area contributed by atoms with E-state index in [2.05, 4.69) is 5.32 Å². The molecule has 0 heterocycles. The van der Waals surface area contributed by atoms with Crippen molar-refractivity contribution in [3.05, 3.63) is 69.3 Å². The van der Waals surface area contributed by atoms with E-state index in [-0.39, 0.29) is 12.1 Å². The van der Waals surface area contributed by atoms with Gasteiger partial charge in [0.2, 0.25) is 5.82 Å². The number of halogens is 2. The zero-order valence-corrected chi connectivity index (χ0v) is 10.6. The van der Waals surface area contributed by atoms with Crippen molar-refractivity contribution in [1.82, 2.24) is 0 Å². The Kier molecular flexibility index (Phi) is 4.09. The summed E-state index contributed by atoms with van der Waals surface area (Å²) in [5.74, 6) is -1.55. The molecule has 106 valence electrons. The maximum absolute atomic E-state index is 13.4. The number of benzene rings is 2. The molecule has 2 aromatic rings. The zero-order chi connectivity index (χ0) is 15.4. The molecule has 0 unspecified atom stereocenters. The summed E-state index contributed by atoms with van der Waals surface area (Å²) in [7, 11) is 0. The predicted octanol–water partition coefficient (Wildman–Crippen LogP) is 3.36. The van der Waals surface area contributed by atoms with Crippen molar-refractivity contribution in [2.75, 3.05) is 5.32 Å². The third kappa shape index (κ3) is 3.30. The van der Waals surface area contributed by atoms with Crippen molar-refractivity contribution >= 4 is 11.4 Å². The third-order valence-electron chi connectivity index (χ3n) is 2.79. The Morgan fingerprint density at radius 1 is 1.19 bits per heavy atom. The second-order valence-corrected chi connectivity index (χ2v) is 4.20. The molecule has 0 aliphatic heterocycles. The largest absolute Gasteiger partial charge is 0.381 e. The molecule has 7 heteroatoms. The fraction of sp³-hybridized carbons (Fsp3) is 0.0714. The van der Waals surface area contributed by atoms with Crippen molar-refractivity contribution in [1.29, 1.82) is 5.26 Å². The van der Waals surface area contributed by atoms with Crippen LogP contribution in [0.3, 0.4) is 0 Å². The van der Waals surface area contributed by atoms with Gasteiger partial charge in [-0.15, -0.1) is 0 Å². The molecule has 0 saturated heterocycles. The number of hydrogen-bond donors (Lipinski definition) is 1. The maximum atomic E-state index is 13.4. The predicted molar refractivity (Wildman–Crippen MR) is 71.5 cm³/mol. The van der Waals surface area contributed by atoms with Gasteiger partial charge in [0.15, 0.2) is 0 Å². The Bertz CT molecular complexity index is 741. The summed E-state index contributed by atoms with van der Waals surface area (Å²) in [6.07, 6.45) is 0. The van der Waals surface area contributed by atoms with Gasteiger partial charge in [-0.1, -0.05) is 6.07 Å². The van der Waals surface area contributed by atoms with Crippen LogP contribution in [-0.2, 0) is 6.54 Å². The lowest BCUT2D eigenvalue weighted by molar-refractivity contribution is -0.387. The summed E-state index contributed by atoms with van der Waals surface area (Å²) >= 11 is 0. The highest BCUT2D eigenvalue weighted by Crippen LogP contribution is 2.21. The maximum Gasteiger partial charge on any atom is 0.304 e. The van der Waals surface area contributed by atoms with E-state index in [0.717, 1.165) is 12.1 Å². The average molecular weight is 289 g/mol. The molecule has 0 fully saturated rings. The lowest BCUT2D eigenvalue weighted by atomic mass is 10.1. The first-order chi connectivity index (χ1) is 10.0. The van der Waals surface area contributed by atoms with Crippen molar-refractivity contribution in [2.45, 2.75) is 6.54 Å². The van der Waals surface area contributed by atoms with E-state index in [1.165, 1.54) is 24.3 Å². The second-order valence-electron chi connectivity index (χ2n) is 4.20.